The van der Waals surface area contributed by atoms with Crippen LogP contribution in [0.1, 0.15) is 0 Å². The maximum atomic E-state index is 6.29. The second-order valence-electron chi connectivity index (χ2n) is 4.86. The van der Waals surface area contributed by atoms with E-state index in [-0.39, 0.29) is 0 Å². The summed E-state index contributed by atoms with van der Waals surface area (Å²) in [5.41, 5.74) is 0. The molecule has 7 heteroatoms. The molecule has 1 aromatic heterocycles. The number of thioether (sulfide) groups is 1. The number of nitrogens with zero attached hydrogens (tertiary/aromatic N) is 5. The summed E-state index contributed by atoms with van der Waals surface area (Å²) in [7, 11) is 6.00. The van der Waals surface area contributed by atoms with E-state index in [2.05, 4.69) is 26.8 Å². The standard InChI is InChI=1S/C12H20ClN5S/c1-16(2)12-14-10(13)9(19-4)11(15-12)18-7-5-17(3)6-8-18/h5-8H2,1-4H3. The normalized spacial score (nSPS) is 16.8. The first-order chi connectivity index (χ1) is 9.02. The van der Waals surface area contributed by atoms with Gasteiger partial charge in [-0.15, -0.1) is 11.8 Å². The Hall–Kier alpha value is -0.720. The highest BCUT2D eigenvalue weighted by Crippen LogP contribution is 2.34. The molecule has 1 saturated heterocycles. The summed E-state index contributed by atoms with van der Waals surface area (Å²) in [6.07, 6.45) is 2.01. The molecule has 0 spiro atoms. The molecule has 0 bridgehead atoms. The van der Waals surface area contributed by atoms with Gasteiger partial charge in [-0.25, -0.2) is 0 Å². The van der Waals surface area contributed by atoms with Crippen LogP contribution in [0.5, 0.6) is 0 Å². The van der Waals surface area contributed by atoms with Gasteiger partial charge in [-0.1, -0.05) is 11.6 Å². The van der Waals surface area contributed by atoms with Crippen molar-refractivity contribution in [3.8, 4) is 0 Å². The molecule has 1 aromatic rings. The molecule has 2 heterocycles. The monoisotopic (exact) mass is 301 g/mol. The van der Waals surface area contributed by atoms with Crippen LogP contribution in [0.3, 0.4) is 0 Å². The number of halogens is 1. The van der Waals surface area contributed by atoms with Crippen molar-refractivity contribution in [1.82, 2.24) is 14.9 Å². The third-order valence-electron chi connectivity index (χ3n) is 3.20. The Labute approximate surface area is 123 Å². The van der Waals surface area contributed by atoms with Crippen LogP contribution in [0.15, 0.2) is 4.90 Å². The number of likely N-dealkylation sites (N-methyl/N-ethyl adjacent to an activating group) is 1. The van der Waals surface area contributed by atoms with E-state index >= 15 is 0 Å². The topological polar surface area (TPSA) is 35.5 Å². The van der Waals surface area contributed by atoms with E-state index in [4.69, 9.17) is 11.6 Å². The number of hydrogen-bond acceptors (Lipinski definition) is 6. The lowest BCUT2D eigenvalue weighted by Crippen LogP contribution is -2.45. The zero-order chi connectivity index (χ0) is 14.0. The van der Waals surface area contributed by atoms with Crippen LogP contribution in [-0.2, 0) is 0 Å². The molecule has 0 radical (unpaired) electrons. The highest BCUT2D eigenvalue weighted by molar-refractivity contribution is 7.98. The van der Waals surface area contributed by atoms with E-state index in [1.165, 1.54) is 0 Å². The van der Waals surface area contributed by atoms with E-state index in [9.17, 15) is 0 Å². The fourth-order valence-corrected chi connectivity index (χ4v) is 2.97. The van der Waals surface area contributed by atoms with Crippen molar-refractivity contribution in [1.29, 1.82) is 0 Å². The van der Waals surface area contributed by atoms with Crippen LogP contribution in [0.4, 0.5) is 11.8 Å². The van der Waals surface area contributed by atoms with Gasteiger partial charge in [-0.2, -0.15) is 9.97 Å². The SMILES string of the molecule is CSc1c(Cl)nc(N(C)C)nc1N1CCN(C)CC1. The maximum absolute atomic E-state index is 6.29. The van der Waals surface area contributed by atoms with Crippen molar-refractivity contribution in [2.75, 3.05) is 63.4 Å². The first-order valence-corrected chi connectivity index (χ1v) is 7.85. The molecule has 1 fully saturated rings. The molecule has 106 valence electrons. The molecule has 0 unspecified atom stereocenters. The molecule has 1 aliphatic heterocycles. The zero-order valence-electron chi connectivity index (χ0n) is 11.9. The van der Waals surface area contributed by atoms with Crippen LogP contribution in [0.2, 0.25) is 5.15 Å². The summed E-state index contributed by atoms with van der Waals surface area (Å²) < 4.78 is 0. The predicted molar refractivity (Wildman–Crippen MR) is 82.9 cm³/mol. The fraction of sp³-hybridized carbons (Fsp3) is 0.667. The van der Waals surface area contributed by atoms with Gasteiger partial charge in [0.2, 0.25) is 5.95 Å². The summed E-state index contributed by atoms with van der Waals surface area (Å²) in [5, 5.41) is 0.542. The summed E-state index contributed by atoms with van der Waals surface area (Å²) in [4.78, 5) is 16.5. The Balaban J connectivity index is 2.36. The molecule has 0 aliphatic carbocycles. The van der Waals surface area contributed by atoms with E-state index in [0.717, 1.165) is 36.9 Å². The number of rotatable bonds is 3. The minimum Gasteiger partial charge on any atom is -0.353 e. The van der Waals surface area contributed by atoms with E-state index in [1.54, 1.807) is 11.8 Å². The number of aromatic nitrogens is 2. The minimum atomic E-state index is 0.542. The maximum Gasteiger partial charge on any atom is 0.228 e. The molecule has 0 aromatic carbocycles. The third kappa shape index (κ3) is 3.24. The molecule has 19 heavy (non-hydrogen) atoms. The van der Waals surface area contributed by atoms with Gasteiger partial charge in [0.1, 0.15) is 11.0 Å². The lowest BCUT2D eigenvalue weighted by Gasteiger charge is -2.34. The predicted octanol–water partition coefficient (Wildman–Crippen LogP) is 1.67. The molecule has 5 nitrogen and oxygen atoms in total. The van der Waals surface area contributed by atoms with Crippen LogP contribution >= 0.6 is 23.4 Å². The Kier molecular flexibility index (Phi) is 4.76. The largest absolute Gasteiger partial charge is 0.353 e. The Morgan fingerprint density at radius 1 is 1.16 bits per heavy atom. The molecule has 0 N–H and O–H groups in total. The quantitative estimate of drug-likeness (QED) is 0.624. The molecule has 0 atom stereocenters. The summed E-state index contributed by atoms with van der Waals surface area (Å²) >= 11 is 7.90. The summed E-state index contributed by atoms with van der Waals surface area (Å²) in [6.45, 7) is 4.05. The van der Waals surface area contributed by atoms with Gasteiger partial charge < -0.3 is 14.7 Å². The average Bonchev–Trinajstić information content (AvgIpc) is 2.38. The van der Waals surface area contributed by atoms with Crippen molar-refractivity contribution in [2.24, 2.45) is 0 Å². The molecule has 0 saturated carbocycles. The number of hydrogen-bond donors (Lipinski definition) is 0. The van der Waals surface area contributed by atoms with Gasteiger partial charge in [0.25, 0.3) is 0 Å². The zero-order valence-corrected chi connectivity index (χ0v) is 13.4. The van der Waals surface area contributed by atoms with Crippen molar-refractivity contribution in [2.45, 2.75) is 4.90 Å². The van der Waals surface area contributed by atoms with Crippen molar-refractivity contribution < 1.29 is 0 Å². The molecular weight excluding hydrogens is 282 g/mol. The molecule has 1 aliphatic rings. The highest BCUT2D eigenvalue weighted by atomic mass is 35.5. The Morgan fingerprint density at radius 2 is 1.79 bits per heavy atom. The first-order valence-electron chi connectivity index (χ1n) is 6.25. The lowest BCUT2D eigenvalue weighted by atomic mass is 10.3. The van der Waals surface area contributed by atoms with Crippen LogP contribution in [-0.4, -0.2) is 68.4 Å². The minimum absolute atomic E-state index is 0.542. The van der Waals surface area contributed by atoms with E-state index in [1.807, 2.05) is 25.3 Å². The highest BCUT2D eigenvalue weighted by Gasteiger charge is 2.22. The van der Waals surface area contributed by atoms with Gasteiger partial charge in [0.15, 0.2) is 0 Å². The molecular formula is C12H20ClN5S. The average molecular weight is 302 g/mol. The second-order valence-corrected chi connectivity index (χ2v) is 6.03. The van der Waals surface area contributed by atoms with Crippen LogP contribution in [0, 0.1) is 0 Å². The van der Waals surface area contributed by atoms with Crippen molar-refractivity contribution in [3.05, 3.63) is 5.15 Å². The summed E-state index contributed by atoms with van der Waals surface area (Å²) in [6, 6.07) is 0. The van der Waals surface area contributed by atoms with Crippen LogP contribution in [0.25, 0.3) is 0 Å². The molecule has 2 rings (SSSR count). The lowest BCUT2D eigenvalue weighted by molar-refractivity contribution is 0.311. The fourth-order valence-electron chi connectivity index (χ4n) is 2.01. The van der Waals surface area contributed by atoms with Gasteiger partial charge in [-0.3, -0.25) is 0 Å². The summed E-state index contributed by atoms with van der Waals surface area (Å²) in [5.74, 6) is 1.63. The van der Waals surface area contributed by atoms with Crippen molar-refractivity contribution in [3.63, 3.8) is 0 Å². The van der Waals surface area contributed by atoms with Crippen molar-refractivity contribution >= 4 is 35.1 Å². The first kappa shape index (κ1) is 14.7. The number of piperazine rings is 1. The van der Waals surface area contributed by atoms with E-state index < -0.39 is 0 Å². The Morgan fingerprint density at radius 3 is 2.32 bits per heavy atom. The third-order valence-corrected chi connectivity index (χ3v) is 4.37. The van der Waals surface area contributed by atoms with Gasteiger partial charge in [0, 0.05) is 40.3 Å². The van der Waals surface area contributed by atoms with E-state index in [0.29, 0.717) is 11.1 Å². The smallest absolute Gasteiger partial charge is 0.228 e. The molecule has 0 amide bonds. The second kappa shape index (κ2) is 6.15. The van der Waals surface area contributed by atoms with Crippen LogP contribution < -0.4 is 9.80 Å². The number of anilines is 2. The van der Waals surface area contributed by atoms with Gasteiger partial charge in [0.05, 0.1) is 4.90 Å². The van der Waals surface area contributed by atoms with Gasteiger partial charge in [-0.05, 0) is 13.3 Å². The van der Waals surface area contributed by atoms with Gasteiger partial charge >= 0.3 is 0 Å². The Bertz CT molecular complexity index is 446.